The molecular weight excluding hydrogens is 538 g/mol. The van der Waals surface area contributed by atoms with Crippen LogP contribution in [0.25, 0.3) is 10.9 Å². The summed E-state index contributed by atoms with van der Waals surface area (Å²) < 4.78 is 0. The lowest BCUT2D eigenvalue weighted by Gasteiger charge is -2.24. The van der Waals surface area contributed by atoms with Gasteiger partial charge in [-0.15, -0.1) is 0 Å². The van der Waals surface area contributed by atoms with Gasteiger partial charge in [-0.05, 0) is 41.3 Å². The summed E-state index contributed by atoms with van der Waals surface area (Å²) in [6, 6.07) is 19.6. The maximum absolute atomic E-state index is 13.7. The summed E-state index contributed by atoms with van der Waals surface area (Å²) >= 11 is 0. The van der Waals surface area contributed by atoms with E-state index in [-0.39, 0.29) is 25.0 Å². The first kappa shape index (κ1) is 29.8. The first-order valence-electron chi connectivity index (χ1n) is 13.4. The summed E-state index contributed by atoms with van der Waals surface area (Å²) in [5, 5.41) is 27.2. The second kappa shape index (κ2) is 14.0. The van der Waals surface area contributed by atoms with Gasteiger partial charge in [-0.2, -0.15) is 0 Å². The molecule has 0 fully saturated rings. The number of phenolic OH excluding ortho intramolecular Hbond substituents is 1. The van der Waals surface area contributed by atoms with Crippen LogP contribution in [0.4, 0.5) is 0 Å². The van der Waals surface area contributed by atoms with Gasteiger partial charge in [-0.25, -0.2) is 0 Å². The molecule has 3 amide bonds. The van der Waals surface area contributed by atoms with E-state index < -0.39 is 48.4 Å². The lowest BCUT2D eigenvalue weighted by Crippen LogP contribution is -2.57. The largest absolute Gasteiger partial charge is 0.508 e. The van der Waals surface area contributed by atoms with E-state index in [0.717, 1.165) is 27.6 Å². The molecule has 1 aromatic heterocycles. The normalized spacial score (nSPS) is 13.1. The first-order chi connectivity index (χ1) is 20.2. The molecule has 8 N–H and O–H groups in total. The fourth-order valence-corrected chi connectivity index (χ4v) is 4.60. The zero-order valence-electron chi connectivity index (χ0n) is 22.7. The average Bonchev–Trinajstić information content (AvgIpc) is 3.39. The van der Waals surface area contributed by atoms with Crippen molar-refractivity contribution in [3.8, 4) is 5.75 Å². The summed E-state index contributed by atoms with van der Waals surface area (Å²) in [5.41, 5.74) is 9.30. The highest BCUT2D eigenvalue weighted by molar-refractivity contribution is 5.94. The minimum Gasteiger partial charge on any atom is -0.508 e. The number of amides is 3. The second-order valence-electron chi connectivity index (χ2n) is 9.96. The Kier molecular flexibility index (Phi) is 9.90. The predicted molar refractivity (Wildman–Crippen MR) is 156 cm³/mol. The molecular formula is C31H33N5O6. The van der Waals surface area contributed by atoms with Gasteiger partial charge in [0.25, 0.3) is 0 Å². The number of rotatable bonds is 13. The summed E-state index contributed by atoms with van der Waals surface area (Å²) in [5.74, 6) is -3.00. The van der Waals surface area contributed by atoms with Crippen LogP contribution in [0.1, 0.15) is 16.7 Å². The van der Waals surface area contributed by atoms with Crippen LogP contribution in [0.5, 0.6) is 5.75 Å². The third kappa shape index (κ3) is 8.18. The molecule has 3 aromatic carbocycles. The molecule has 0 saturated heterocycles. The number of H-pyrrole nitrogens is 1. The summed E-state index contributed by atoms with van der Waals surface area (Å²) in [6.45, 7) is -0.610. The van der Waals surface area contributed by atoms with Crippen molar-refractivity contribution in [2.45, 2.75) is 37.4 Å². The number of hydrogen-bond acceptors (Lipinski definition) is 6. The second-order valence-corrected chi connectivity index (χ2v) is 9.96. The molecule has 0 aliphatic heterocycles. The van der Waals surface area contributed by atoms with Gasteiger partial charge in [-0.3, -0.25) is 19.2 Å². The third-order valence-electron chi connectivity index (χ3n) is 6.79. The lowest BCUT2D eigenvalue weighted by atomic mass is 10.0. The minimum absolute atomic E-state index is 0.0877. The Morgan fingerprint density at radius 3 is 2.07 bits per heavy atom. The molecule has 3 atom stereocenters. The molecule has 0 bridgehead atoms. The quantitative estimate of drug-likeness (QED) is 0.126. The average molecular weight is 572 g/mol. The molecule has 11 nitrogen and oxygen atoms in total. The van der Waals surface area contributed by atoms with Crippen LogP contribution in [0.15, 0.2) is 85.1 Å². The SMILES string of the molecule is NC(Cc1ccc(O)cc1)C(=O)NC(Cc1c[nH]c2ccccc12)C(=O)NC(Cc1ccccc1)C(=O)NCC(=O)O. The number of hydrogen-bond donors (Lipinski definition) is 7. The number of carboxylic acids is 1. The number of benzene rings is 3. The molecule has 3 unspecified atom stereocenters. The number of phenols is 1. The van der Waals surface area contributed by atoms with Crippen molar-refractivity contribution in [3.63, 3.8) is 0 Å². The van der Waals surface area contributed by atoms with Gasteiger partial charge in [-0.1, -0.05) is 60.7 Å². The predicted octanol–water partition coefficient (Wildman–Crippen LogP) is 1.40. The van der Waals surface area contributed by atoms with Gasteiger partial charge >= 0.3 is 5.97 Å². The number of para-hydroxylation sites is 1. The number of aromatic hydroxyl groups is 1. The van der Waals surface area contributed by atoms with E-state index in [1.54, 1.807) is 42.6 Å². The molecule has 1 heterocycles. The van der Waals surface area contributed by atoms with Gasteiger partial charge in [0, 0.05) is 29.9 Å². The Bertz CT molecular complexity index is 1540. The Balaban J connectivity index is 1.56. The van der Waals surface area contributed by atoms with Crippen molar-refractivity contribution in [2.75, 3.05) is 6.54 Å². The Morgan fingerprint density at radius 2 is 1.36 bits per heavy atom. The molecule has 0 aliphatic rings. The smallest absolute Gasteiger partial charge is 0.322 e. The topological polar surface area (TPSA) is 187 Å². The number of fused-ring (bicyclic) bond motifs is 1. The van der Waals surface area contributed by atoms with Gasteiger partial charge in [0.1, 0.15) is 24.4 Å². The highest BCUT2D eigenvalue weighted by Gasteiger charge is 2.29. The van der Waals surface area contributed by atoms with Crippen LogP contribution in [0.2, 0.25) is 0 Å². The molecule has 4 aromatic rings. The minimum atomic E-state index is -1.22. The van der Waals surface area contributed by atoms with E-state index in [0.29, 0.717) is 0 Å². The number of aliphatic carboxylic acids is 1. The van der Waals surface area contributed by atoms with Gasteiger partial charge < -0.3 is 36.9 Å². The van der Waals surface area contributed by atoms with Crippen molar-refractivity contribution in [2.24, 2.45) is 5.73 Å². The number of aromatic amines is 1. The van der Waals surface area contributed by atoms with Crippen molar-refractivity contribution in [1.29, 1.82) is 0 Å². The number of carboxylic acid groups (broad SMARTS) is 1. The van der Waals surface area contributed by atoms with Crippen LogP contribution >= 0.6 is 0 Å². The number of nitrogens with two attached hydrogens (primary N) is 1. The number of nitrogens with one attached hydrogen (secondary N) is 4. The highest BCUT2D eigenvalue weighted by atomic mass is 16.4. The maximum Gasteiger partial charge on any atom is 0.322 e. The van der Waals surface area contributed by atoms with Crippen molar-refractivity contribution < 1.29 is 29.4 Å². The van der Waals surface area contributed by atoms with Crippen molar-refractivity contribution >= 4 is 34.6 Å². The number of carbonyl (C=O) groups is 4. The fourth-order valence-electron chi connectivity index (χ4n) is 4.60. The van der Waals surface area contributed by atoms with E-state index in [9.17, 15) is 24.3 Å². The molecule has 4 rings (SSSR count). The van der Waals surface area contributed by atoms with Crippen LogP contribution in [-0.2, 0) is 38.4 Å². The molecule has 11 heteroatoms. The highest BCUT2D eigenvalue weighted by Crippen LogP contribution is 2.19. The fraction of sp³-hybridized carbons (Fsp3) is 0.226. The molecule has 42 heavy (non-hydrogen) atoms. The van der Waals surface area contributed by atoms with E-state index in [1.165, 1.54) is 12.1 Å². The number of carbonyl (C=O) groups excluding carboxylic acids is 3. The summed E-state index contributed by atoms with van der Waals surface area (Å²) in [6.07, 6.45) is 2.13. The Hall–Kier alpha value is -5.16. The Labute approximate surface area is 242 Å². The molecule has 0 spiro atoms. The maximum atomic E-state index is 13.7. The third-order valence-corrected chi connectivity index (χ3v) is 6.79. The van der Waals surface area contributed by atoms with E-state index in [1.807, 2.05) is 30.3 Å². The van der Waals surface area contributed by atoms with E-state index in [2.05, 4.69) is 20.9 Å². The summed E-state index contributed by atoms with van der Waals surface area (Å²) in [7, 11) is 0. The van der Waals surface area contributed by atoms with E-state index >= 15 is 0 Å². The monoisotopic (exact) mass is 571 g/mol. The van der Waals surface area contributed by atoms with Crippen LogP contribution in [-0.4, -0.2) is 63.6 Å². The van der Waals surface area contributed by atoms with Crippen LogP contribution < -0.4 is 21.7 Å². The zero-order valence-corrected chi connectivity index (χ0v) is 22.7. The van der Waals surface area contributed by atoms with Crippen molar-refractivity contribution in [3.05, 3.63) is 102 Å². The van der Waals surface area contributed by atoms with Crippen LogP contribution in [0.3, 0.4) is 0 Å². The standard InChI is InChI=1S/C31H33N5O6/c32-24(14-20-10-12-22(37)13-11-20)29(40)35-27(16-21-17-33-25-9-5-4-8-23(21)25)31(42)36-26(30(41)34-18-28(38)39)15-19-6-2-1-3-7-19/h1-13,17,24,26-27,33,37H,14-16,18,32H2,(H,34,41)(H,35,40)(H,36,42)(H,38,39). The summed E-state index contributed by atoms with van der Waals surface area (Å²) in [4.78, 5) is 54.0. The molecule has 0 saturated carbocycles. The molecule has 0 aliphatic carbocycles. The first-order valence-corrected chi connectivity index (χ1v) is 13.4. The lowest BCUT2D eigenvalue weighted by molar-refractivity contribution is -0.138. The molecule has 0 radical (unpaired) electrons. The number of aromatic nitrogens is 1. The zero-order chi connectivity index (χ0) is 30.1. The van der Waals surface area contributed by atoms with Gasteiger partial charge in [0.15, 0.2) is 0 Å². The van der Waals surface area contributed by atoms with Crippen LogP contribution in [0, 0.1) is 0 Å². The van der Waals surface area contributed by atoms with Gasteiger partial charge in [0.05, 0.1) is 6.04 Å². The Morgan fingerprint density at radius 1 is 0.738 bits per heavy atom. The molecule has 218 valence electrons. The van der Waals surface area contributed by atoms with Gasteiger partial charge in [0.2, 0.25) is 17.7 Å². The van der Waals surface area contributed by atoms with E-state index in [4.69, 9.17) is 10.8 Å². The van der Waals surface area contributed by atoms with Crippen molar-refractivity contribution in [1.82, 2.24) is 20.9 Å².